The van der Waals surface area contributed by atoms with Crippen molar-refractivity contribution in [3.05, 3.63) is 83.2 Å². The molecule has 1 saturated heterocycles. The number of carbonyl (C=O) groups is 2. The number of benzene rings is 2. The highest BCUT2D eigenvalue weighted by atomic mass is 16.5. The molecule has 0 aliphatic carbocycles. The first-order valence-corrected chi connectivity index (χ1v) is 11.3. The Morgan fingerprint density at radius 3 is 2.65 bits per heavy atom. The first-order chi connectivity index (χ1) is 16.5. The number of pyridine rings is 1. The Morgan fingerprint density at radius 1 is 1.06 bits per heavy atom. The van der Waals surface area contributed by atoms with Crippen LogP contribution in [0.5, 0.6) is 0 Å². The Balaban J connectivity index is 1.58. The summed E-state index contributed by atoms with van der Waals surface area (Å²) >= 11 is 0. The third-order valence-corrected chi connectivity index (χ3v) is 6.08. The Labute approximate surface area is 197 Å². The van der Waals surface area contributed by atoms with Crippen molar-refractivity contribution in [2.45, 2.75) is 13.3 Å². The molecule has 2 aromatic carbocycles. The number of primary amides is 1. The second-order valence-corrected chi connectivity index (χ2v) is 8.59. The number of hydrogen-bond donors (Lipinski definition) is 2. The largest absolute Gasteiger partial charge is 0.378 e. The topological polar surface area (TPSA) is 101 Å². The highest BCUT2D eigenvalue weighted by Crippen LogP contribution is 2.31. The molecule has 3 N–H and O–H groups in total. The van der Waals surface area contributed by atoms with Crippen LogP contribution in [-0.2, 0) is 16.0 Å². The highest BCUT2D eigenvalue weighted by molar-refractivity contribution is 6.10. The van der Waals surface area contributed by atoms with Gasteiger partial charge in [-0.25, -0.2) is 4.98 Å². The van der Waals surface area contributed by atoms with Gasteiger partial charge in [0.2, 0.25) is 5.91 Å². The summed E-state index contributed by atoms with van der Waals surface area (Å²) < 4.78 is 5.45. The van der Waals surface area contributed by atoms with Crippen molar-refractivity contribution in [1.29, 1.82) is 0 Å². The van der Waals surface area contributed by atoms with Crippen LogP contribution < -0.4 is 10.6 Å². The first-order valence-electron chi connectivity index (χ1n) is 11.3. The molecule has 0 unspecified atom stereocenters. The van der Waals surface area contributed by atoms with Crippen LogP contribution in [0.3, 0.4) is 0 Å². The maximum Gasteiger partial charge on any atom is 0.221 e. The number of amides is 1. The van der Waals surface area contributed by atoms with Gasteiger partial charge in [0.15, 0.2) is 5.78 Å². The van der Waals surface area contributed by atoms with Gasteiger partial charge in [-0.05, 0) is 60.0 Å². The number of nitrogens with one attached hydrogen (secondary N) is 1. The predicted molar refractivity (Wildman–Crippen MR) is 132 cm³/mol. The monoisotopic (exact) mass is 454 g/mol. The van der Waals surface area contributed by atoms with E-state index >= 15 is 0 Å². The second-order valence-electron chi connectivity index (χ2n) is 8.59. The zero-order valence-corrected chi connectivity index (χ0v) is 19.0. The molecule has 3 heterocycles. The lowest BCUT2D eigenvalue weighted by molar-refractivity contribution is -0.117. The van der Waals surface area contributed by atoms with E-state index in [0.717, 1.165) is 46.6 Å². The number of aromatic nitrogens is 2. The van der Waals surface area contributed by atoms with Gasteiger partial charge in [-0.3, -0.25) is 9.59 Å². The number of fused-ring (bicyclic) bond motifs is 1. The van der Waals surface area contributed by atoms with E-state index in [2.05, 4.69) is 14.9 Å². The molecule has 2 aromatic heterocycles. The molecular weight excluding hydrogens is 428 g/mol. The molecule has 7 heteroatoms. The number of aryl methyl sites for hydroxylation is 1. The summed E-state index contributed by atoms with van der Waals surface area (Å²) in [5, 5.41) is 1.05. The molecule has 0 spiro atoms. The van der Waals surface area contributed by atoms with Crippen LogP contribution in [0.2, 0.25) is 0 Å². The van der Waals surface area contributed by atoms with Gasteiger partial charge in [0.05, 0.1) is 19.6 Å². The molecule has 172 valence electrons. The van der Waals surface area contributed by atoms with Crippen LogP contribution in [0.25, 0.3) is 22.0 Å². The first kappa shape index (κ1) is 21.9. The SMILES string of the molecule is Cc1cc(C(=O)c2cc(CC(N)=O)cc(-c3cccc4[nH]ccc34)c2)cc(N2CCOCC2)n1. The number of ketones is 1. The van der Waals surface area contributed by atoms with Crippen LogP contribution in [0.15, 0.2) is 60.8 Å². The minimum Gasteiger partial charge on any atom is -0.378 e. The van der Waals surface area contributed by atoms with Gasteiger partial charge in [-0.15, -0.1) is 0 Å². The van der Waals surface area contributed by atoms with Gasteiger partial charge in [-0.1, -0.05) is 18.2 Å². The van der Waals surface area contributed by atoms with Gasteiger partial charge < -0.3 is 20.4 Å². The van der Waals surface area contributed by atoms with E-state index < -0.39 is 5.91 Å². The third-order valence-electron chi connectivity index (χ3n) is 6.08. The number of morpholine rings is 1. The average Bonchev–Trinajstić information content (AvgIpc) is 3.32. The van der Waals surface area contributed by atoms with E-state index in [1.807, 2.05) is 55.6 Å². The number of H-pyrrole nitrogens is 1. The Bertz CT molecular complexity index is 1390. The molecule has 0 bridgehead atoms. The number of carbonyl (C=O) groups excluding carboxylic acids is 2. The smallest absolute Gasteiger partial charge is 0.221 e. The van der Waals surface area contributed by atoms with Crippen LogP contribution in [-0.4, -0.2) is 48.0 Å². The highest BCUT2D eigenvalue weighted by Gasteiger charge is 2.19. The maximum absolute atomic E-state index is 13.7. The van der Waals surface area contributed by atoms with E-state index in [0.29, 0.717) is 29.9 Å². The molecule has 1 aliphatic heterocycles. The van der Waals surface area contributed by atoms with Crippen molar-refractivity contribution >= 4 is 28.4 Å². The Hall–Kier alpha value is -3.97. The van der Waals surface area contributed by atoms with Crippen LogP contribution in [0.4, 0.5) is 5.82 Å². The van der Waals surface area contributed by atoms with Crippen molar-refractivity contribution in [2.24, 2.45) is 5.73 Å². The van der Waals surface area contributed by atoms with Crippen LogP contribution in [0.1, 0.15) is 27.2 Å². The second kappa shape index (κ2) is 9.11. The number of hydrogen-bond acceptors (Lipinski definition) is 5. The van der Waals surface area contributed by atoms with Gasteiger partial charge in [0.1, 0.15) is 5.82 Å². The van der Waals surface area contributed by atoms with E-state index in [9.17, 15) is 9.59 Å². The Morgan fingerprint density at radius 2 is 1.85 bits per heavy atom. The van der Waals surface area contributed by atoms with E-state index in [1.54, 1.807) is 12.1 Å². The lowest BCUT2D eigenvalue weighted by Gasteiger charge is -2.28. The molecule has 4 aromatic rings. The molecule has 1 aliphatic rings. The van der Waals surface area contributed by atoms with Crippen molar-refractivity contribution in [2.75, 3.05) is 31.2 Å². The van der Waals surface area contributed by atoms with Crippen molar-refractivity contribution in [1.82, 2.24) is 9.97 Å². The van der Waals surface area contributed by atoms with E-state index in [4.69, 9.17) is 10.5 Å². The minimum absolute atomic E-state index is 0.0611. The molecule has 7 nitrogen and oxygen atoms in total. The summed E-state index contributed by atoms with van der Waals surface area (Å²) in [6.45, 7) is 4.65. The summed E-state index contributed by atoms with van der Waals surface area (Å²) in [6.07, 6.45) is 1.95. The van der Waals surface area contributed by atoms with Gasteiger partial charge in [-0.2, -0.15) is 0 Å². The average molecular weight is 455 g/mol. The van der Waals surface area contributed by atoms with E-state index in [-0.39, 0.29) is 12.2 Å². The normalized spacial score (nSPS) is 13.9. The summed E-state index contributed by atoms with van der Waals surface area (Å²) in [4.78, 5) is 35.4. The molecule has 1 amide bonds. The van der Waals surface area contributed by atoms with Gasteiger partial charge in [0, 0.05) is 47.0 Å². The molecule has 0 atom stereocenters. The number of nitrogens with two attached hydrogens (primary N) is 1. The molecule has 1 fully saturated rings. The van der Waals surface area contributed by atoms with Gasteiger partial charge in [0.25, 0.3) is 0 Å². The van der Waals surface area contributed by atoms with Crippen molar-refractivity contribution in [3.63, 3.8) is 0 Å². The number of rotatable bonds is 6. The number of aromatic amines is 1. The number of ether oxygens (including phenoxy) is 1. The van der Waals surface area contributed by atoms with Crippen LogP contribution in [0, 0.1) is 6.92 Å². The lowest BCUT2D eigenvalue weighted by atomic mass is 9.93. The zero-order valence-electron chi connectivity index (χ0n) is 19.0. The van der Waals surface area contributed by atoms with E-state index in [1.165, 1.54) is 0 Å². The molecule has 34 heavy (non-hydrogen) atoms. The fourth-order valence-corrected chi connectivity index (χ4v) is 4.52. The van der Waals surface area contributed by atoms with Crippen molar-refractivity contribution < 1.29 is 14.3 Å². The van der Waals surface area contributed by atoms with Crippen molar-refractivity contribution in [3.8, 4) is 11.1 Å². The molecule has 0 radical (unpaired) electrons. The summed E-state index contributed by atoms with van der Waals surface area (Å²) in [7, 11) is 0. The standard InChI is InChI=1S/C27H26N4O3/c1-17-11-20(16-26(30-17)31-7-9-34-10-8-31)27(33)21-13-18(14-25(28)32)12-19(15-21)22-3-2-4-24-23(22)5-6-29-24/h2-6,11-13,15-16,29H,7-10,14H2,1H3,(H2,28,32). The molecule has 0 saturated carbocycles. The quantitative estimate of drug-likeness (QED) is 0.433. The zero-order chi connectivity index (χ0) is 23.7. The maximum atomic E-state index is 13.7. The number of nitrogens with zero attached hydrogens (tertiary/aromatic N) is 2. The predicted octanol–water partition coefficient (Wildman–Crippen LogP) is 3.63. The third kappa shape index (κ3) is 4.43. The fourth-order valence-electron chi connectivity index (χ4n) is 4.52. The molecule has 5 rings (SSSR count). The summed E-state index contributed by atoms with van der Waals surface area (Å²) in [6, 6.07) is 17.2. The summed E-state index contributed by atoms with van der Waals surface area (Å²) in [5.74, 6) is 0.218. The molecular formula is C27H26N4O3. The fraction of sp³-hybridized carbons (Fsp3) is 0.222. The minimum atomic E-state index is -0.440. The van der Waals surface area contributed by atoms with Gasteiger partial charge >= 0.3 is 0 Å². The number of anilines is 1. The Kier molecular flexibility index (Phi) is 5.86. The lowest BCUT2D eigenvalue weighted by Crippen LogP contribution is -2.37. The summed E-state index contributed by atoms with van der Waals surface area (Å²) in [5.41, 5.74) is 10.9. The van der Waals surface area contributed by atoms with Crippen LogP contribution >= 0.6 is 0 Å².